The molecule has 0 bridgehead atoms. The Hall–Kier alpha value is -2.46. The first kappa shape index (κ1) is 95.5. The van der Waals surface area contributed by atoms with Gasteiger partial charge in [-0.3, -0.25) is 37.3 Å². The Morgan fingerprint density at radius 3 is 0.867 bits per heavy atom. The van der Waals surface area contributed by atoms with Gasteiger partial charge in [0.25, 0.3) is 0 Å². The number of aliphatic hydroxyl groups excluding tert-OH is 1. The molecule has 0 aliphatic carbocycles. The zero-order valence-corrected chi connectivity index (χ0v) is 65.4. The number of aliphatic hydroxyl groups is 1. The van der Waals surface area contributed by atoms with Gasteiger partial charge in [0.05, 0.1) is 26.4 Å². The van der Waals surface area contributed by atoms with Crippen molar-refractivity contribution in [2.75, 3.05) is 39.6 Å². The van der Waals surface area contributed by atoms with Crippen LogP contribution in [0.5, 0.6) is 0 Å². The molecule has 98 heavy (non-hydrogen) atoms. The van der Waals surface area contributed by atoms with Gasteiger partial charge in [-0.05, 0) is 63.2 Å². The van der Waals surface area contributed by atoms with Crippen LogP contribution in [0, 0.1) is 11.8 Å². The van der Waals surface area contributed by atoms with Crippen molar-refractivity contribution in [3.63, 3.8) is 0 Å². The van der Waals surface area contributed by atoms with E-state index in [-0.39, 0.29) is 25.7 Å². The normalized spacial score (nSPS) is 14.7. The second-order valence-corrected chi connectivity index (χ2v) is 31.2. The number of hydrogen-bond acceptors (Lipinski definition) is 15. The zero-order valence-electron chi connectivity index (χ0n) is 63.6. The fraction of sp³-hybridized carbons (Fsp3) is 0.899. The molecule has 3 N–H and O–H groups in total. The third-order valence-corrected chi connectivity index (χ3v) is 20.5. The van der Waals surface area contributed by atoms with Gasteiger partial charge in [-0.15, -0.1) is 0 Å². The van der Waals surface area contributed by atoms with Gasteiger partial charge in [0, 0.05) is 25.7 Å². The maximum absolute atomic E-state index is 13.1. The molecule has 0 aromatic heterocycles. The third-order valence-electron chi connectivity index (χ3n) is 18.6. The van der Waals surface area contributed by atoms with Crippen molar-refractivity contribution >= 4 is 39.5 Å². The number of carbonyl (C=O) groups is 4. The molecule has 0 saturated carbocycles. The quantitative estimate of drug-likeness (QED) is 0.0169. The molecule has 0 fully saturated rings. The van der Waals surface area contributed by atoms with Crippen LogP contribution in [0.1, 0.15) is 388 Å². The van der Waals surface area contributed by atoms with E-state index in [2.05, 4.69) is 65.8 Å². The van der Waals surface area contributed by atoms with Gasteiger partial charge < -0.3 is 33.8 Å². The van der Waals surface area contributed by atoms with E-state index in [4.69, 9.17) is 37.0 Å². The summed E-state index contributed by atoms with van der Waals surface area (Å²) in [7, 11) is -9.93. The molecule has 0 rings (SSSR count). The lowest BCUT2D eigenvalue weighted by Gasteiger charge is -2.21. The summed E-state index contributed by atoms with van der Waals surface area (Å²) in [6.45, 7) is 9.55. The molecule has 0 saturated heterocycles. The number of carbonyl (C=O) groups excluding carboxylic acids is 4. The molecular weight excluding hydrogens is 1280 g/mol. The summed E-state index contributed by atoms with van der Waals surface area (Å²) in [6.07, 6.45) is 61.8. The van der Waals surface area contributed by atoms with E-state index in [1.165, 1.54) is 186 Å². The fourth-order valence-corrected chi connectivity index (χ4v) is 13.2. The number of unbranched alkanes of at least 4 members (excludes halogenated alkanes) is 41. The number of rotatable bonds is 76. The Labute approximate surface area is 599 Å². The van der Waals surface area contributed by atoms with Crippen LogP contribution in [0.4, 0.5) is 0 Å². The molecule has 0 aromatic rings. The van der Waals surface area contributed by atoms with Gasteiger partial charge in [0.15, 0.2) is 12.2 Å². The van der Waals surface area contributed by atoms with Crippen LogP contribution in [0.25, 0.3) is 0 Å². The highest BCUT2D eigenvalue weighted by Crippen LogP contribution is 2.45. The van der Waals surface area contributed by atoms with E-state index in [0.29, 0.717) is 25.7 Å². The predicted molar refractivity (Wildman–Crippen MR) is 400 cm³/mol. The fourth-order valence-electron chi connectivity index (χ4n) is 11.6. The van der Waals surface area contributed by atoms with Crippen LogP contribution in [-0.2, 0) is 65.4 Å². The second-order valence-electron chi connectivity index (χ2n) is 28.3. The highest BCUT2D eigenvalue weighted by molar-refractivity contribution is 7.47. The summed E-state index contributed by atoms with van der Waals surface area (Å²) in [5.74, 6) is -0.600. The Kier molecular flexibility index (Phi) is 68.5. The summed E-state index contributed by atoms with van der Waals surface area (Å²) >= 11 is 0. The smallest absolute Gasteiger partial charge is 0.462 e. The molecule has 0 radical (unpaired) electrons. The average Bonchev–Trinajstić information content (AvgIpc) is 0.965. The summed E-state index contributed by atoms with van der Waals surface area (Å²) in [5, 5.41) is 10.6. The van der Waals surface area contributed by atoms with E-state index in [0.717, 1.165) is 121 Å². The SMILES string of the molecule is CCCCCC/C=C\C=C/CCCCCCCC(=O)OC[C@H](COP(=O)(O)OC[C@@H](O)COP(=O)(O)OC[C@@H](COC(=O)CCCCCCCCCCC(C)CC)OC(=O)CCCCCCCCCCC(C)CC)OC(=O)CCCCCCCCCCCCCCCCCCCCC. The van der Waals surface area contributed by atoms with Gasteiger partial charge >= 0.3 is 39.5 Å². The lowest BCUT2D eigenvalue weighted by molar-refractivity contribution is -0.161. The minimum atomic E-state index is -4.97. The Morgan fingerprint density at radius 2 is 0.571 bits per heavy atom. The summed E-state index contributed by atoms with van der Waals surface area (Å²) in [4.78, 5) is 72.9. The topological polar surface area (TPSA) is 237 Å². The largest absolute Gasteiger partial charge is 0.472 e. The number of allylic oxidation sites excluding steroid dienone is 4. The molecule has 0 aliphatic heterocycles. The van der Waals surface area contributed by atoms with Crippen LogP contribution in [0.15, 0.2) is 24.3 Å². The Bertz CT molecular complexity index is 1990. The van der Waals surface area contributed by atoms with E-state index >= 15 is 0 Å². The molecule has 0 aliphatic rings. The molecule has 7 atom stereocenters. The summed E-state index contributed by atoms with van der Waals surface area (Å²) in [6, 6.07) is 0. The molecule has 0 amide bonds. The van der Waals surface area contributed by atoms with Gasteiger partial charge in [0.2, 0.25) is 0 Å². The van der Waals surface area contributed by atoms with E-state index < -0.39 is 97.5 Å². The number of phosphoric acid groups is 2. The lowest BCUT2D eigenvalue weighted by atomic mass is 9.99. The first-order valence-corrected chi connectivity index (χ1v) is 43.4. The van der Waals surface area contributed by atoms with E-state index in [1.54, 1.807) is 0 Å². The van der Waals surface area contributed by atoms with Crippen LogP contribution >= 0.6 is 15.6 Å². The van der Waals surface area contributed by atoms with Crippen molar-refractivity contribution in [3.8, 4) is 0 Å². The Morgan fingerprint density at radius 1 is 0.327 bits per heavy atom. The van der Waals surface area contributed by atoms with Crippen molar-refractivity contribution in [2.24, 2.45) is 11.8 Å². The molecular formula is C79H150O17P2. The number of phosphoric ester groups is 2. The summed E-state index contributed by atoms with van der Waals surface area (Å²) < 4.78 is 68.6. The van der Waals surface area contributed by atoms with Crippen molar-refractivity contribution in [2.45, 2.75) is 407 Å². The van der Waals surface area contributed by atoms with Crippen LogP contribution in [0.2, 0.25) is 0 Å². The third kappa shape index (κ3) is 69.3. The standard InChI is InChI=1S/C79H150O17P2/c1-7-11-13-15-17-19-21-23-25-26-27-28-30-32-34-36-45-51-57-63-78(83)95-74(67-89-76(81)61-55-49-43-35-33-31-29-24-22-20-18-16-14-12-8-2)69-93-97(85,86)91-65-73(80)66-92-98(87,88)94-70-75(96-79(84)64-58-52-46-40-38-42-48-54-60-72(6)10-4)68-90-77(82)62-56-50-44-39-37-41-47-53-59-71(5)9-3/h20,22,24,29,71-75,80H,7-19,21,23,25-28,30-70H2,1-6H3,(H,85,86)(H,87,88)/b22-20-,29-24-/t71?,72?,73-,74-,75-/m1/s1. The maximum atomic E-state index is 13.1. The molecule has 578 valence electrons. The number of ether oxygens (including phenoxy) is 4. The highest BCUT2D eigenvalue weighted by atomic mass is 31.2. The summed E-state index contributed by atoms with van der Waals surface area (Å²) in [5.41, 5.74) is 0. The van der Waals surface area contributed by atoms with Crippen molar-refractivity contribution < 1.29 is 80.2 Å². The average molecular weight is 1430 g/mol. The molecule has 17 nitrogen and oxygen atoms in total. The van der Waals surface area contributed by atoms with E-state index in [1.807, 2.05) is 0 Å². The molecule has 19 heteroatoms. The Balaban J connectivity index is 5.29. The van der Waals surface area contributed by atoms with Crippen molar-refractivity contribution in [3.05, 3.63) is 24.3 Å². The maximum Gasteiger partial charge on any atom is 0.472 e. The molecule has 4 unspecified atom stereocenters. The van der Waals surface area contributed by atoms with Gasteiger partial charge in [-0.2, -0.15) is 0 Å². The van der Waals surface area contributed by atoms with Crippen LogP contribution < -0.4 is 0 Å². The lowest BCUT2D eigenvalue weighted by Crippen LogP contribution is -2.30. The van der Waals surface area contributed by atoms with Crippen LogP contribution in [-0.4, -0.2) is 96.7 Å². The monoisotopic (exact) mass is 1430 g/mol. The minimum absolute atomic E-state index is 0.102. The predicted octanol–water partition coefficient (Wildman–Crippen LogP) is 23.1. The molecule has 0 heterocycles. The highest BCUT2D eigenvalue weighted by Gasteiger charge is 2.30. The molecule has 0 aromatic carbocycles. The van der Waals surface area contributed by atoms with Crippen molar-refractivity contribution in [1.82, 2.24) is 0 Å². The van der Waals surface area contributed by atoms with E-state index in [9.17, 15) is 43.2 Å². The van der Waals surface area contributed by atoms with Crippen LogP contribution in [0.3, 0.4) is 0 Å². The van der Waals surface area contributed by atoms with Gasteiger partial charge in [-0.1, -0.05) is 336 Å². The van der Waals surface area contributed by atoms with Gasteiger partial charge in [-0.25, -0.2) is 9.13 Å². The first-order chi connectivity index (χ1) is 47.4. The van der Waals surface area contributed by atoms with Gasteiger partial charge in [0.1, 0.15) is 19.3 Å². The second kappa shape index (κ2) is 70.2. The van der Waals surface area contributed by atoms with Crippen molar-refractivity contribution in [1.29, 1.82) is 0 Å². The first-order valence-electron chi connectivity index (χ1n) is 40.4. The molecule has 0 spiro atoms. The number of esters is 4. The zero-order chi connectivity index (χ0) is 72.1. The number of hydrogen-bond donors (Lipinski definition) is 3. The minimum Gasteiger partial charge on any atom is -0.462 e.